The number of rotatable bonds is 5. The van der Waals surface area contributed by atoms with Crippen LogP contribution in [0.15, 0.2) is 29.3 Å². The molecule has 1 atom stereocenters. The highest BCUT2D eigenvalue weighted by molar-refractivity contribution is 14.0. The summed E-state index contributed by atoms with van der Waals surface area (Å²) in [7, 11) is 1.82. The minimum Gasteiger partial charge on any atom is -0.352 e. The molecule has 1 aromatic rings. The molecule has 0 spiro atoms. The van der Waals surface area contributed by atoms with Gasteiger partial charge in [0.1, 0.15) is 0 Å². The molecule has 142 valence electrons. The first-order valence-electron chi connectivity index (χ1n) is 9.45. The summed E-state index contributed by atoms with van der Waals surface area (Å²) in [5.41, 5.74) is 1.84. The van der Waals surface area contributed by atoms with Crippen LogP contribution in [0.5, 0.6) is 0 Å². The van der Waals surface area contributed by atoms with Gasteiger partial charge in [-0.25, -0.2) is 0 Å². The fourth-order valence-corrected chi connectivity index (χ4v) is 3.95. The number of likely N-dealkylation sites (tertiary alicyclic amines) is 1. The van der Waals surface area contributed by atoms with E-state index in [-0.39, 0.29) is 24.0 Å². The van der Waals surface area contributed by atoms with Crippen molar-refractivity contribution in [3.8, 4) is 6.07 Å². The summed E-state index contributed by atoms with van der Waals surface area (Å²) in [5, 5.41) is 15.8. The Hall–Kier alpha value is -1.33. The van der Waals surface area contributed by atoms with Gasteiger partial charge in [-0.2, -0.15) is 5.26 Å². The molecule has 6 heteroatoms. The lowest BCUT2D eigenvalue weighted by Gasteiger charge is -2.21. The van der Waals surface area contributed by atoms with Crippen molar-refractivity contribution in [3.63, 3.8) is 0 Å². The Morgan fingerprint density at radius 3 is 2.62 bits per heavy atom. The molecule has 1 aliphatic carbocycles. The Morgan fingerprint density at radius 1 is 1.23 bits per heavy atom. The zero-order valence-electron chi connectivity index (χ0n) is 15.6. The average molecular weight is 467 g/mol. The monoisotopic (exact) mass is 467 g/mol. The van der Waals surface area contributed by atoms with Crippen molar-refractivity contribution in [2.24, 2.45) is 10.9 Å². The van der Waals surface area contributed by atoms with Crippen LogP contribution in [0, 0.1) is 17.2 Å². The maximum atomic E-state index is 8.86. The lowest BCUT2D eigenvalue weighted by Crippen LogP contribution is -2.44. The van der Waals surface area contributed by atoms with E-state index in [0.717, 1.165) is 24.0 Å². The maximum Gasteiger partial charge on any atom is 0.191 e. The van der Waals surface area contributed by atoms with E-state index < -0.39 is 0 Å². The lowest BCUT2D eigenvalue weighted by atomic mass is 10.1. The van der Waals surface area contributed by atoms with Crippen LogP contribution in [-0.2, 0) is 6.54 Å². The number of nitriles is 1. The topological polar surface area (TPSA) is 63.5 Å². The summed E-state index contributed by atoms with van der Waals surface area (Å²) in [4.78, 5) is 6.96. The van der Waals surface area contributed by atoms with Crippen LogP contribution in [0.3, 0.4) is 0 Å². The van der Waals surface area contributed by atoms with Crippen LogP contribution in [0.2, 0.25) is 0 Å². The highest BCUT2D eigenvalue weighted by Crippen LogP contribution is 2.26. The van der Waals surface area contributed by atoms with Gasteiger partial charge < -0.3 is 15.5 Å². The number of nitrogens with zero attached hydrogens (tertiary/aromatic N) is 3. The average Bonchev–Trinajstić information content (AvgIpc) is 3.31. The van der Waals surface area contributed by atoms with Gasteiger partial charge in [-0.15, -0.1) is 24.0 Å². The van der Waals surface area contributed by atoms with Crippen LogP contribution in [0.4, 0.5) is 0 Å². The molecule has 0 amide bonds. The van der Waals surface area contributed by atoms with Crippen LogP contribution in [0.1, 0.15) is 43.2 Å². The molecular formula is C20H30IN5. The molecular weight excluding hydrogens is 437 g/mol. The Kier molecular flexibility index (Phi) is 8.66. The standard InChI is InChI=1S/C20H29N5.HI/c1-22-20(23-13-17-8-6-16(12-21)7-9-17)24-19-10-11-25(15-19)14-18-4-2-3-5-18;/h6-9,18-19H,2-5,10-11,13-15H2,1H3,(H2,22,23,24);1H. The normalized spacial score (nSPS) is 21.2. The summed E-state index contributed by atoms with van der Waals surface area (Å²) in [6, 6.07) is 10.3. The first-order valence-corrected chi connectivity index (χ1v) is 9.45. The molecule has 1 heterocycles. The highest BCUT2D eigenvalue weighted by atomic mass is 127. The third-order valence-corrected chi connectivity index (χ3v) is 5.37. The summed E-state index contributed by atoms with van der Waals surface area (Å²) in [6.07, 6.45) is 6.87. The molecule has 0 aromatic heterocycles. The fourth-order valence-electron chi connectivity index (χ4n) is 3.95. The second-order valence-electron chi connectivity index (χ2n) is 7.27. The van der Waals surface area contributed by atoms with Crippen molar-refractivity contribution in [2.75, 3.05) is 26.7 Å². The molecule has 3 rings (SSSR count). The second kappa shape index (κ2) is 10.7. The van der Waals surface area contributed by atoms with Crippen molar-refractivity contribution >= 4 is 29.9 Å². The Balaban J connectivity index is 0.00000243. The molecule has 1 saturated heterocycles. The number of benzene rings is 1. The van der Waals surface area contributed by atoms with E-state index in [2.05, 4.69) is 26.6 Å². The van der Waals surface area contributed by atoms with Crippen LogP contribution < -0.4 is 10.6 Å². The molecule has 5 nitrogen and oxygen atoms in total. The summed E-state index contributed by atoms with van der Waals surface area (Å²) >= 11 is 0. The number of hydrogen-bond donors (Lipinski definition) is 2. The van der Waals surface area contributed by atoms with Gasteiger partial charge in [0.2, 0.25) is 0 Å². The quantitative estimate of drug-likeness (QED) is 0.397. The Labute approximate surface area is 174 Å². The van der Waals surface area contributed by atoms with E-state index in [1.54, 1.807) is 0 Å². The molecule has 2 N–H and O–H groups in total. The van der Waals surface area contributed by atoms with Gasteiger partial charge in [-0.3, -0.25) is 4.99 Å². The number of hydrogen-bond acceptors (Lipinski definition) is 3. The van der Waals surface area contributed by atoms with Gasteiger partial charge in [0.05, 0.1) is 11.6 Å². The Morgan fingerprint density at radius 2 is 1.96 bits per heavy atom. The molecule has 0 bridgehead atoms. The molecule has 26 heavy (non-hydrogen) atoms. The number of halogens is 1. The fraction of sp³-hybridized carbons (Fsp3) is 0.600. The van der Waals surface area contributed by atoms with E-state index in [0.29, 0.717) is 18.2 Å². The SMILES string of the molecule is CN=C(NCc1ccc(C#N)cc1)NC1CCN(CC2CCCC2)C1.I. The van der Waals surface area contributed by atoms with Crippen LogP contribution >= 0.6 is 24.0 Å². The minimum atomic E-state index is 0. The van der Waals surface area contributed by atoms with E-state index in [9.17, 15) is 0 Å². The molecule has 0 radical (unpaired) electrons. The van der Waals surface area contributed by atoms with E-state index >= 15 is 0 Å². The highest BCUT2D eigenvalue weighted by Gasteiger charge is 2.26. The first-order chi connectivity index (χ1) is 12.3. The summed E-state index contributed by atoms with van der Waals surface area (Å²) in [6.45, 7) is 4.30. The second-order valence-corrected chi connectivity index (χ2v) is 7.27. The van der Waals surface area contributed by atoms with Crippen molar-refractivity contribution < 1.29 is 0 Å². The predicted molar refractivity (Wildman–Crippen MR) is 117 cm³/mol. The van der Waals surface area contributed by atoms with Gasteiger partial charge in [0.15, 0.2) is 5.96 Å². The Bertz CT molecular complexity index is 616. The molecule has 1 aliphatic heterocycles. The summed E-state index contributed by atoms with van der Waals surface area (Å²) < 4.78 is 0. The van der Waals surface area contributed by atoms with E-state index in [1.807, 2.05) is 31.3 Å². The third-order valence-electron chi connectivity index (χ3n) is 5.37. The zero-order chi connectivity index (χ0) is 17.5. The van der Waals surface area contributed by atoms with Crippen molar-refractivity contribution in [1.82, 2.24) is 15.5 Å². The van der Waals surface area contributed by atoms with Gasteiger partial charge in [-0.05, 0) is 42.9 Å². The lowest BCUT2D eigenvalue weighted by molar-refractivity contribution is 0.275. The maximum absolute atomic E-state index is 8.86. The molecule has 1 aromatic carbocycles. The third kappa shape index (κ3) is 6.13. The van der Waals surface area contributed by atoms with Crippen molar-refractivity contribution in [1.29, 1.82) is 5.26 Å². The van der Waals surface area contributed by atoms with Crippen molar-refractivity contribution in [2.45, 2.75) is 44.7 Å². The van der Waals surface area contributed by atoms with Crippen molar-refractivity contribution in [3.05, 3.63) is 35.4 Å². The van der Waals surface area contributed by atoms with Gasteiger partial charge in [0.25, 0.3) is 0 Å². The molecule has 1 unspecified atom stereocenters. The van der Waals surface area contributed by atoms with Gasteiger partial charge in [0, 0.05) is 39.3 Å². The largest absolute Gasteiger partial charge is 0.352 e. The van der Waals surface area contributed by atoms with Crippen LogP contribution in [-0.4, -0.2) is 43.6 Å². The molecule has 1 saturated carbocycles. The zero-order valence-corrected chi connectivity index (χ0v) is 17.9. The van der Waals surface area contributed by atoms with Gasteiger partial charge in [-0.1, -0.05) is 25.0 Å². The molecule has 2 fully saturated rings. The van der Waals surface area contributed by atoms with Gasteiger partial charge >= 0.3 is 0 Å². The number of aliphatic imine (C=N–C) groups is 1. The van der Waals surface area contributed by atoms with E-state index in [1.165, 1.54) is 45.2 Å². The number of nitrogens with one attached hydrogen (secondary N) is 2. The smallest absolute Gasteiger partial charge is 0.191 e. The number of guanidine groups is 1. The van der Waals surface area contributed by atoms with Crippen LogP contribution in [0.25, 0.3) is 0 Å². The first kappa shape index (κ1) is 21.0. The predicted octanol–water partition coefficient (Wildman–Crippen LogP) is 3.11. The summed E-state index contributed by atoms with van der Waals surface area (Å²) in [5.74, 6) is 1.78. The minimum absolute atomic E-state index is 0. The molecule has 2 aliphatic rings. The van der Waals surface area contributed by atoms with E-state index in [4.69, 9.17) is 5.26 Å².